The summed E-state index contributed by atoms with van der Waals surface area (Å²) in [4.78, 5) is 24.8. The van der Waals surface area contributed by atoms with Crippen LogP contribution < -0.4 is 4.90 Å². The van der Waals surface area contributed by atoms with Crippen LogP contribution in [0.3, 0.4) is 0 Å². The van der Waals surface area contributed by atoms with Gasteiger partial charge >= 0.3 is 5.97 Å². The molecule has 0 atom stereocenters. The molecular formula is C15H11ClINO3. The van der Waals surface area contributed by atoms with Crippen molar-refractivity contribution in [1.29, 1.82) is 0 Å². The quantitative estimate of drug-likeness (QED) is 0.775. The lowest BCUT2D eigenvalue weighted by Gasteiger charge is -2.21. The molecule has 0 aromatic heterocycles. The van der Waals surface area contributed by atoms with Crippen molar-refractivity contribution in [3.05, 3.63) is 62.7 Å². The summed E-state index contributed by atoms with van der Waals surface area (Å²) in [5, 5.41) is 9.55. The number of carboxylic acid groups (broad SMARTS) is 1. The Bertz CT molecular complexity index is 673. The van der Waals surface area contributed by atoms with Crippen LogP contribution in [0.2, 0.25) is 5.02 Å². The van der Waals surface area contributed by atoms with E-state index in [9.17, 15) is 9.59 Å². The van der Waals surface area contributed by atoms with E-state index in [2.05, 4.69) is 22.6 Å². The highest BCUT2D eigenvalue weighted by atomic mass is 127. The third kappa shape index (κ3) is 4.18. The van der Waals surface area contributed by atoms with Crippen LogP contribution in [0.5, 0.6) is 0 Å². The van der Waals surface area contributed by atoms with E-state index in [0.717, 1.165) is 3.57 Å². The molecule has 0 spiro atoms. The fourth-order valence-electron chi connectivity index (χ4n) is 1.81. The van der Waals surface area contributed by atoms with Gasteiger partial charge in [0.2, 0.25) is 0 Å². The van der Waals surface area contributed by atoms with E-state index < -0.39 is 12.5 Å². The summed E-state index contributed by atoms with van der Waals surface area (Å²) in [6, 6.07) is 13.5. The summed E-state index contributed by atoms with van der Waals surface area (Å²) in [6.45, 7) is -0.411. The predicted octanol–water partition coefficient (Wildman–Crippen LogP) is 3.68. The van der Waals surface area contributed by atoms with Crippen molar-refractivity contribution in [1.82, 2.24) is 0 Å². The van der Waals surface area contributed by atoms with Crippen molar-refractivity contribution < 1.29 is 14.7 Å². The Morgan fingerprint density at radius 3 is 2.38 bits per heavy atom. The zero-order valence-corrected chi connectivity index (χ0v) is 13.7. The number of halogens is 2. The van der Waals surface area contributed by atoms with E-state index in [-0.39, 0.29) is 5.91 Å². The number of anilines is 1. The smallest absolute Gasteiger partial charge is 0.323 e. The Labute approximate surface area is 140 Å². The van der Waals surface area contributed by atoms with Gasteiger partial charge in [0.1, 0.15) is 6.54 Å². The van der Waals surface area contributed by atoms with Gasteiger partial charge in [0.25, 0.3) is 5.91 Å². The molecule has 0 radical (unpaired) electrons. The van der Waals surface area contributed by atoms with Gasteiger partial charge in [-0.15, -0.1) is 0 Å². The first-order valence-corrected chi connectivity index (χ1v) is 7.48. The molecule has 0 fully saturated rings. The average molecular weight is 416 g/mol. The highest BCUT2D eigenvalue weighted by Crippen LogP contribution is 2.20. The molecule has 1 N–H and O–H groups in total. The minimum Gasteiger partial charge on any atom is -0.480 e. The topological polar surface area (TPSA) is 57.6 Å². The van der Waals surface area contributed by atoms with E-state index in [0.29, 0.717) is 16.3 Å². The molecule has 1 amide bonds. The fourth-order valence-corrected chi connectivity index (χ4v) is 2.48. The first-order valence-electron chi connectivity index (χ1n) is 6.02. The first kappa shape index (κ1) is 15.8. The predicted molar refractivity (Wildman–Crippen MR) is 89.9 cm³/mol. The molecule has 0 aliphatic carbocycles. The van der Waals surface area contributed by atoms with Gasteiger partial charge in [0.05, 0.1) is 0 Å². The van der Waals surface area contributed by atoms with Crippen LogP contribution in [0.1, 0.15) is 10.4 Å². The molecule has 108 valence electrons. The van der Waals surface area contributed by atoms with Crippen LogP contribution in [0.25, 0.3) is 0 Å². The fraction of sp³-hybridized carbons (Fsp3) is 0.0667. The van der Waals surface area contributed by atoms with E-state index in [1.54, 1.807) is 42.5 Å². The molecule has 4 nitrogen and oxygen atoms in total. The summed E-state index contributed by atoms with van der Waals surface area (Å²) in [5.41, 5.74) is 0.934. The van der Waals surface area contributed by atoms with E-state index >= 15 is 0 Å². The summed E-state index contributed by atoms with van der Waals surface area (Å²) in [6.07, 6.45) is 0. The molecule has 0 bridgehead atoms. The van der Waals surface area contributed by atoms with Gasteiger partial charge in [-0.2, -0.15) is 0 Å². The second-order valence-corrected chi connectivity index (χ2v) is 5.95. The number of rotatable bonds is 4. The Morgan fingerprint density at radius 1 is 1.14 bits per heavy atom. The second kappa shape index (κ2) is 6.91. The molecule has 0 heterocycles. The molecule has 2 rings (SSSR count). The highest BCUT2D eigenvalue weighted by molar-refractivity contribution is 14.1. The summed E-state index contributed by atoms with van der Waals surface area (Å²) < 4.78 is 0.907. The van der Waals surface area contributed by atoms with Crippen LogP contribution >= 0.6 is 34.2 Å². The van der Waals surface area contributed by atoms with Crippen LogP contribution in [0.15, 0.2) is 48.5 Å². The maximum atomic E-state index is 12.5. The SMILES string of the molecule is O=C(O)CN(C(=O)c1cccc(I)c1)c1ccc(Cl)cc1. The van der Waals surface area contributed by atoms with Gasteiger partial charge in [-0.1, -0.05) is 17.7 Å². The minimum absolute atomic E-state index is 0.363. The molecule has 0 saturated carbocycles. The van der Waals surface area contributed by atoms with Crippen molar-refractivity contribution in [2.24, 2.45) is 0 Å². The number of amides is 1. The molecular weight excluding hydrogens is 405 g/mol. The monoisotopic (exact) mass is 415 g/mol. The minimum atomic E-state index is -1.08. The summed E-state index contributed by atoms with van der Waals surface area (Å²) >= 11 is 7.92. The Kier molecular flexibility index (Phi) is 5.19. The Morgan fingerprint density at radius 2 is 1.81 bits per heavy atom. The van der Waals surface area contributed by atoms with E-state index in [1.807, 2.05) is 6.07 Å². The van der Waals surface area contributed by atoms with Crippen molar-refractivity contribution in [3.63, 3.8) is 0 Å². The van der Waals surface area contributed by atoms with Crippen LogP contribution in [-0.4, -0.2) is 23.5 Å². The van der Waals surface area contributed by atoms with Crippen molar-refractivity contribution in [2.45, 2.75) is 0 Å². The summed E-state index contributed by atoms with van der Waals surface area (Å²) in [7, 11) is 0. The lowest BCUT2D eigenvalue weighted by Crippen LogP contribution is -2.35. The number of benzene rings is 2. The standard InChI is InChI=1S/C15H11ClINO3/c16-11-4-6-13(7-5-11)18(9-14(19)20)15(21)10-2-1-3-12(17)8-10/h1-8H,9H2,(H,19,20). The van der Waals surface area contributed by atoms with Gasteiger partial charge < -0.3 is 5.11 Å². The van der Waals surface area contributed by atoms with Gasteiger partial charge in [0.15, 0.2) is 0 Å². The second-order valence-electron chi connectivity index (χ2n) is 4.27. The van der Waals surface area contributed by atoms with Crippen LogP contribution in [0, 0.1) is 3.57 Å². The van der Waals surface area contributed by atoms with Gasteiger partial charge in [-0.3, -0.25) is 14.5 Å². The van der Waals surface area contributed by atoms with Crippen LogP contribution in [-0.2, 0) is 4.79 Å². The molecule has 2 aromatic rings. The molecule has 2 aromatic carbocycles. The third-order valence-electron chi connectivity index (χ3n) is 2.75. The molecule has 0 unspecified atom stereocenters. The van der Waals surface area contributed by atoms with E-state index in [4.69, 9.17) is 16.7 Å². The average Bonchev–Trinajstić information content (AvgIpc) is 2.45. The highest BCUT2D eigenvalue weighted by Gasteiger charge is 2.20. The first-order chi connectivity index (χ1) is 9.97. The normalized spacial score (nSPS) is 10.2. The molecule has 0 aliphatic rings. The maximum absolute atomic E-state index is 12.5. The Hall–Kier alpha value is -1.60. The number of carbonyl (C=O) groups excluding carboxylic acids is 1. The zero-order chi connectivity index (χ0) is 15.4. The van der Waals surface area contributed by atoms with Crippen molar-refractivity contribution >= 4 is 51.8 Å². The summed E-state index contributed by atoms with van der Waals surface area (Å²) in [5.74, 6) is -1.44. The number of carboxylic acids is 1. The zero-order valence-electron chi connectivity index (χ0n) is 10.8. The van der Waals surface area contributed by atoms with Crippen LogP contribution in [0.4, 0.5) is 5.69 Å². The lowest BCUT2D eigenvalue weighted by molar-refractivity contribution is -0.135. The molecule has 21 heavy (non-hydrogen) atoms. The molecule has 6 heteroatoms. The van der Waals surface area contributed by atoms with Crippen molar-refractivity contribution in [3.8, 4) is 0 Å². The maximum Gasteiger partial charge on any atom is 0.323 e. The van der Waals surface area contributed by atoms with Gasteiger partial charge in [-0.05, 0) is 65.1 Å². The number of hydrogen-bond acceptors (Lipinski definition) is 2. The lowest BCUT2D eigenvalue weighted by atomic mass is 10.2. The van der Waals surface area contributed by atoms with E-state index in [1.165, 1.54) is 4.90 Å². The van der Waals surface area contributed by atoms with Crippen molar-refractivity contribution in [2.75, 3.05) is 11.4 Å². The van der Waals surface area contributed by atoms with Gasteiger partial charge in [0, 0.05) is 19.8 Å². The largest absolute Gasteiger partial charge is 0.480 e. The molecule has 0 saturated heterocycles. The number of hydrogen-bond donors (Lipinski definition) is 1. The number of aliphatic carboxylic acids is 1. The number of carbonyl (C=O) groups is 2. The molecule has 0 aliphatic heterocycles. The third-order valence-corrected chi connectivity index (χ3v) is 3.67. The van der Waals surface area contributed by atoms with Gasteiger partial charge in [-0.25, -0.2) is 0 Å². The Balaban J connectivity index is 2.38. The number of nitrogens with zero attached hydrogens (tertiary/aromatic N) is 1.